The Kier molecular flexibility index (Phi) is 5.66. The number of methoxy groups -OCH3 is 1. The van der Waals surface area contributed by atoms with Gasteiger partial charge in [-0.15, -0.1) is 0 Å². The van der Waals surface area contributed by atoms with E-state index in [0.29, 0.717) is 12.8 Å². The fourth-order valence-electron chi connectivity index (χ4n) is 3.10. The maximum atomic E-state index is 13.3. The summed E-state index contributed by atoms with van der Waals surface area (Å²) in [5.41, 5.74) is 0.157. The van der Waals surface area contributed by atoms with Gasteiger partial charge in [0.05, 0.1) is 35.1 Å². The smallest absolute Gasteiger partial charge is 0.260 e. The Morgan fingerprint density at radius 3 is 2.64 bits per heavy atom. The lowest BCUT2D eigenvalue weighted by atomic mass is 9.84. The van der Waals surface area contributed by atoms with Crippen molar-refractivity contribution in [1.29, 1.82) is 0 Å². The minimum atomic E-state index is -3.62. The number of carbonyl (C=O) groups is 1. The summed E-state index contributed by atoms with van der Waals surface area (Å²) >= 11 is 0. The first-order chi connectivity index (χ1) is 13.2. The molecular formula is C19H21FN2O5S. The third kappa shape index (κ3) is 4.31. The molecule has 1 saturated carbocycles. The van der Waals surface area contributed by atoms with Gasteiger partial charge in [0.2, 0.25) is 0 Å². The summed E-state index contributed by atoms with van der Waals surface area (Å²) in [6, 6.07) is 6.56. The molecule has 0 aliphatic heterocycles. The maximum absolute atomic E-state index is 13.3. The number of nitrogens with zero attached hydrogens (tertiary/aromatic N) is 1. The molecule has 3 rings (SSSR count). The average molecular weight is 408 g/mol. The molecule has 1 amide bonds. The standard InChI is InChI=1S/C19H21FN2O5S/c1-11-16(20)4-6-18(21-11)22-19(24)15-9-14(3-5-17(15)27-2)28(25,26)10-12-7-13(23)8-12/h3-6,9,12-13,23H,7-8,10H2,1-2H3,(H,21,22,24). The van der Waals surface area contributed by atoms with Crippen LogP contribution in [0.1, 0.15) is 28.9 Å². The van der Waals surface area contributed by atoms with E-state index in [1.165, 1.54) is 44.4 Å². The van der Waals surface area contributed by atoms with Gasteiger partial charge < -0.3 is 15.2 Å². The lowest BCUT2D eigenvalue weighted by Crippen LogP contribution is -2.33. The van der Waals surface area contributed by atoms with Gasteiger partial charge in [-0.25, -0.2) is 17.8 Å². The Labute approximate surface area is 162 Å². The Bertz CT molecular complexity index is 1000. The number of anilines is 1. The molecule has 28 heavy (non-hydrogen) atoms. The van der Waals surface area contributed by atoms with Crippen molar-refractivity contribution in [3.63, 3.8) is 0 Å². The number of ether oxygens (including phenoxy) is 1. The van der Waals surface area contributed by atoms with Crippen molar-refractivity contribution in [3.8, 4) is 5.75 Å². The zero-order valence-electron chi connectivity index (χ0n) is 15.5. The first-order valence-corrected chi connectivity index (χ1v) is 10.4. The molecule has 2 aromatic rings. The second kappa shape index (κ2) is 7.84. The van der Waals surface area contributed by atoms with Crippen LogP contribution < -0.4 is 10.1 Å². The lowest BCUT2D eigenvalue weighted by molar-refractivity contribution is 0.0526. The molecule has 1 fully saturated rings. The first kappa shape index (κ1) is 20.2. The highest BCUT2D eigenvalue weighted by Crippen LogP contribution is 2.31. The van der Waals surface area contributed by atoms with Crippen LogP contribution in [0.3, 0.4) is 0 Å². The van der Waals surface area contributed by atoms with Gasteiger partial charge in [-0.05, 0) is 56.0 Å². The molecule has 0 radical (unpaired) electrons. The van der Waals surface area contributed by atoms with E-state index >= 15 is 0 Å². The number of hydrogen-bond acceptors (Lipinski definition) is 6. The van der Waals surface area contributed by atoms with E-state index in [1.54, 1.807) is 0 Å². The Hall–Kier alpha value is -2.52. The van der Waals surface area contributed by atoms with E-state index in [9.17, 15) is 22.7 Å². The fraction of sp³-hybridized carbons (Fsp3) is 0.368. The van der Waals surface area contributed by atoms with Gasteiger partial charge in [0.25, 0.3) is 5.91 Å². The molecule has 150 valence electrons. The van der Waals surface area contributed by atoms with Gasteiger partial charge in [0.15, 0.2) is 9.84 Å². The van der Waals surface area contributed by atoms with E-state index in [4.69, 9.17) is 4.74 Å². The van der Waals surface area contributed by atoms with E-state index in [1.807, 2.05) is 0 Å². The zero-order valence-corrected chi connectivity index (χ0v) is 16.3. The summed E-state index contributed by atoms with van der Waals surface area (Å²) < 4.78 is 43.8. The zero-order chi connectivity index (χ0) is 20.5. The van der Waals surface area contributed by atoms with Crippen molar-refractivity contribution in [3.05, 3.63) is 47.4 Å². The number of hydrogen-bond donors (Lipinski definition) is 2. The van der Waals surface area contributed by atoms with Crippen molar-refractivity contribution in [2.75, 3.05) is 18.2 Å². The average Bonchev–Trinajstić information content (AvgIpc) is 2.62. The van der Waals surface area contributed by atoms with E-state index in [0.717, 1.165) is 0 Å². The molecule has 1 aromatic carbocycles. The molecule has 0 unspecified atom stereocenters. The number of rotatable bonds is 6. The lowest BCUT2D eigenvalue weighted by Gasteiger charge is -2.30. The van der Waals surface area contributed by atoms with E-state index in [-0.39, 0.29) is 39.4 Å². The SMILES string of the molecule is COc1ccc(S(=O)(=O)CC2CC(O)C2)cc1C(=O)Nc1ccc(F)c(C)n1. The topological polar surface area (TPSA) is 106 Å². The number of aliphatic hydroxyl groups excluding tert-OH is 1. The fourth-order valence-corrected chi connectivity index (χ4v) is 4.76. The van der Waals surface area contributed by atoms with Crippen LogP contribution in [0.2, 0.25) is 0 Å². The van der Waals surface area contributed by atoms with Crippen LogP contribution in [-0.4, -0.2) is 43.4 Å². The first-order valence-electron chi connectivity index (χ1n) is 8.73. The predicted octanol–water partition coefficient (Wildman–Crippen LogP) is 2.33. The molecule has 1 aliphatic carbocycles. The number of carbonyl (C=O) groups excluding carboxylic acids is 1. The molecular weight excluding hydrogens is 387 g/mol. The predicted molar refractivity (Wildman–Crippen MR) is 101 cm³/mol. The largest absolute Gasteiger partial charge is 0.496 e. The van der Waals surface area contributed by atoms with Crippen molar-refractivity contribution in [2.24, 2.45) is 5.92 Å². The Balaban J connectivity index is 1.85. The van der Waals surface area contributed by atoms with Gasteiger partial charge in [-0.3, -0.25) is 4.79 Å². The van der Waals surface area contributed by atoms with Crippen molar-refractivity contribution >= 4 is 21.6 Å². The number of aliphatic hydroxyl groups is 1. The Morgan fingerprint density at radius 2 is 2.04 bits per heavy atom. The quantitative estimate of drug-likeness (QED) is 0.760. The Morgan fingerprint density at radius 1 is 1.32 bits per heavy atom. The van der Waals surface area contributed by atoms with Crippen LogP contribution in [0.4, 0.5) is 10.2 Å². The maximum Gasteiger partial charge on any atom is 0.260 e. The number of aryl methyl sites for hydroxylation is 1. The second-order valence-electron chi connectivity index (χ2n) is 6.85. The van der Waals surface area contributed by atoms with Gasteiger partial charge in [-0.1, -0.05) is 0 Å². The molecule has 9 heteroatoms. The van der Waals surface area contributed by atoms with E-state index < -0.39 is 27.7 Å². The summed E-state index contributed by atoms with van der Waals surface area (Å²) in [5.74, 6) is -0.949. The number of pyridine rings is 1. The van der Waals surface area contributed by atoms with Crippen molar-refractivity contribution in [2.45, 2.75) is 30.8 Å². The number of amides is 1. The third-order valence-corrected chi connectivity index (χ3v) is 6.59. The summed E-state index contributed by atoms with van der Waals surface area (Å²) in [4.78, 5) is 16.6. The summed E-state index contributed by atoms with van der Waals surface area (Å²) in [7, 11) is -2.25. The van der Waals surface area contributed by atoms with Gasteiger partial charge in [-0.2, -0.15) is 0 Å². The van der Waals surface area contributed by atoms with Crippen LogP contribution in [0.15, 0.2) is 35.2 Å². The summed E-state index contributed by atoms with van der Waals surface area (Å²) in [6.45, 7) is 1.47. The molecule has 0 saturated heterocycles. The van der Waals surface area contributed by atoms with Crippen LogP contribution >= 0.6 is 0 Å². The normalized spacial score (nSPS) is 19.0. The molecule has 7 nitrogen and oxygen atoms in total. The number of sulfone groups is 1. The van der Waals surface area contributed by atoms with Gasteiger partial charge >= 0.3 is 0 Å². The molecule has 1 aromatic heterocycles. The molecule has 0 spiro atoms. The van der Waals surface area contributed by atoms with Gasteiger partial charge in [0, 0.05) is 0 Å². The van der Waals surface area contributed by atoms with Crippen LogP contribution in [0.5, 0.6) is 5.75 Å². The van der Waals surface area contributed by atoms with Crippen molar-refractivity contribution < 1.29 is 27.4 Å². The number of aromatic nitrogens is 1. The number of halogens is 1. The van der Waals surface area contributed by atoms with Gasteiger partial charge in [0.1, 0.15) is 17.4 Å². The second-order valence-corrected chi connectivity index (χ2v) is 8.89. The highest BCUT2D eigenvalue weighted by molar-refractivity contribution is 7.91. The third-order valence-electron chi connectivity index (χ3n) is 4.70. The number of nitrogens with one attached hydrogen (secondary N) is 1. The minimum Gasteiger partial charge on any atom is -0.496 e. The van der Waals surface area contributed by atoms with Crippen LogP contribution in [0, 0.1) is 18.7 Å². The highest BCUT2D eigenvalue weighted by Gasteiger charge is 2.32. The van der Waals surface area contributed by atoms with Crippen LogP contribution in [0.25, 0.3) is 0 Å². The molecule has 1 aliphatic rings. The summed E-state index contributed by atoms with van der Waals surface area (Å²) in [6.07, 6.45) is 0.473. The molecule has 0 bridgehead atoms. The molecule has 2 N–H and O–H groups in total. The summed E-state index contributed by atoms with van der Waals surface area (Å²) in [5, 5.41) is 11.9. The monoisotopic (exact) mass is 408 g/mol. The minimum absolute atomic E-state index is 0.00286. The molecule has 1 heterocycles. The molecule has 0 atom stereocenters. The number of benzene rings is 1. The van der Waals surface area contributed by atoms with Crippen molar-refractivity contribution in [1.82, 2.24) is 4.98 Å². The highest BCUT2D eigenvalue weighted by atomic mass is 32.2. The van der Waals surface area contributed by atoms with E-state index in [2.05, 4.69) is 10.3 Å². The van der Waals surface area contributed by atoms with Crippen LogP contribution in [-0.2, 0) is 9.84 Å².